The summed E-state index contributed by atoms with van der Waals surface area (Å²) in [5.41, 5.74) is 0.987. The van der Waals surface area contributed by atoms with Crippen molar-refractivity contribution in [1.29, 1.82) is 0 Å². The van der Waals surface area contributed by atoms with E-state index >= 15 is 0 Å². The van der Waals surface area contributed by atoms with Gasteiger partial charge in [0.25, 0.3) is 0 Å². The van der Waals surface area contributed by atoms with E-state index in [2.05, 4.69) is 4.74 Å². The van der Waals surface area contributed by atoms with Gasteiger partial charge in [-0.05, 0) is 5.56 Å². The van der Waals surface area contributed by atoms with Gasteiger partial charge in [0.15, 0.2) is 0 Å². The fourth-order valence-corrected chi connectivity index (χ4v) is 1.11. The third-order valence-electron chi connectivity index (χ3n) is 1.91. The zero-order chi connectivity index (χ0) is 11.1. The molecular weight excluding hydrogens is 192 g/mol. The Morgan fingerprint density at radius 2 is 2.13 bits per heavy atom. The van der Waals surface area contributed by atoms with E-state index in [1.54, 1.807) is 12.2 Å². The number of hydrogen-bond acceptors (Lipinski definition) is 3. The molecule has 0 heterocycles. The molecule has 0 fully saturated rings. The average molecular weight is 206 g/mol. The SMILES string of the molecule is COC(=O)C[C@H](O)C=Cc1ccccc1. The molecule has 0 amide bonds. The maximum Gasteiger partial charge on any atom is 0.308 e. The number of aliphatic hydroxyl groups excluding tert-OH is 1. The van der Waals surface area contributed by atoms with Crippen molar-refractivity contribution < 1.29 is 14.6 Å². The van der Waals surface area contributed by atoms with Crippen molar-refractivity contribution in [3.63, 3.8) is 0 Å². The van der Waals surface area contributed by atoms with Crippen LogP contribution in [0.25, 0.3) is 6.08 Å². The van der Waals surface area contributed by atoms with Crippen molar-refractivity contribution in [1.82, 2.24) is 0 Å². The van der Waals surface area contributed by atoms with Crippen LogP contribution in [0.3, 0.4) is 0 Å². The Labute approximate surface area is 89.0 Å². The topological polar surface area (TPSA) is 46.5 Å². The number of hydrogen-bond donors (Lipinski definition) is 1. The van der Waals surface area contributed by atoms with Crippen LogP contribution in [0, 0.1) is 0 Å². The van der Waals surface area contributed by atoms with Gasteiger partial charge in [0.05, 0.1) is 19.6 Å². The minimum absolute atomic E-state index is 0.0141. The van der Waals surface area contributed by atoms with E-state index in [1.807, 2.05) is 30.3 Å². The molecule has 80 valence electrons. The Morgan fingerprint density at radius 1 is 1.47 bits per heavy atom. The summed E-state index contributed by atoms with van der Waals surface area (Å²) in [5, 5.41) is 9.42. The van der Waals surface area contributed by atoms with Crippen LogP contribution in [0.4, 0.5) is 0 Å². The predicted octanol–water partition coefficient (Wildman–Crippen LogP) is 1.62. The lowest BCUT2D eigenvalue weighted by Crippen LogP contribution is -2.11. The van der Waals surface area contributed by atoms with E-state index in [4.69, 9.17) is 0 Å². The number of benzene rings is 1. The molecule has 1 rings (SSSR count). The van der Waals surface area contributed by atoms with Crippen molar-refractivity contribution in [2.24, 2.45) is 0 Å². The monoisotopic (exact) mass is 206 g/mol. The normalized spacial score (nSPS) is 12.7. The van der Waals surface area contributed by atoms with Gasteiger partial charge in [0.2, 0.25) is 0 Å². The lowest BCUT2D eigenvalue weighted by atomic mass is 10.1. The molecule has 0 spiro atoms. The van der Waals surface area contributed by atoms with Gasteiger partial charge in [-0.3, -0.25) is 4.79 Å². The smallest absolute Gasteiger partial charge is 0.308 e. The Hall–Kier alpha value is -1.61. The van der Waals surface area contributed by atoms with Crippen LogP contribution in [0.15, 0.2) is 36.4 Å². The molecule has 0 radical (unpaired) electrons. The van der Waals surface area contributed by atoms with Crippen molar-refractivity contribution in [2.45, 2.75) is 12.5 Å². The van der Waals surface area contributed by atoms with Crippen LogP contribution in [0.5, 0.6) is 0 Å². The summed E-state index contributed by atoms with van der Waals surface area (Å²) in [7, 11) is 1.30. The van der Waals surface area contributed by atoms with E-state index < -0.39 is 12.1 Å². The molecule has 3 nitrogen and oxygen atoms in total. The van der Waals surface area contributed by atoms with Gasteiger partial charge in [0, 0.05) is 0 Å². The minimum atomic E-state index is -0.794. The second-order valence-corrected chi connectivity index (χ2v) is 3.12. The summed E-state index contributed by atoms with van der Waals surface area (Å²) in [6.07, 6.45) is 2.54. The van der Waals surface area contributed by atoms with Crippen LogP contribution < -0.4 is 0 Å². The van der Waals surface area contributed by atoms with Crippen LogP contribution in [-0.4, -0.2) is 24.3 Å². The number of aliphatic hydroxyl groups is 1. The number of carbonyl (C=O) groups excluding carboxylic acids is 1. The molecule has 1 aromatic carbocycles. The standard InChI is InChI=1S/C12H14O3/c1-15-12(14)9-11(13)8-7-10-5-3-2-4-6-10/h2-8,11,13H,9H2,1H3/t11-/m1/s1. The lowest BCUT2D eigenvalue weighted by molar-refractivity contribution is -0.142. The predicted molar refractivity (Wildman–Crippen MR) is 58.1 cm³/mol. The third kappa shape index (κ3) is 4.42. The van der Waals surface area contributed by atoms with E-state index in [1.165, 1.54) is 7.11 Å². The highest BCUT2D eigenvalue weighted by atomic mass is 16.5. The van der Waals surface area contributed by atoms with Gasteiger partial charge < -0.3 is 9.84 Å². The van der Waals surface area contributed by atoms with Gasteiger partial charge in [-0.2, -0.15) is 0 Å². The Balaban J connectivity index is 2.47. The van der Waals surface area contributed by atoms with Crippen LogP contribution in [0.2, 0.25) is 0 Å². The van der Waals surface area contributed by atoms with Gasteiger partial charge in [-0.25, -0.2) is 0 Å². The molecule has 3 heteroatoms. The van der Waals surface area contributed by atoms with Gasteiger partial charge in [-0.1, -0.05) is 42.5 Å². The Kier molecular flexibility index (Phi) is 4.57. The molecular formula is C12H14O3. The summed E-state index contributed by atoms with van der Waals surface area (Å²) in [4.78, 5) is 10.8. The summed E-state index contributed by atoms with van der Waals surface area (Å²) in [6, 6.07) is 9.57. The highest BCUT2D eigenvalue weighted by Crippen LogP contribution is 2.04. The van der Waals surface area contributed by atoms with Crippen LogP contribution in [-0.2, 0) is 9.53 Å². The fourth-order valence-electron chi connectivity index (χ4n) is 1.11. The summed E-state index contributed by atoms with van der Waals surface area (Å²) >= 11 is 0. The van der Waals surface area contributed by atoms with Crippen molar-refractivity contribution in [3.8, 4) is 0 Å². The molecule has 15 heavy (non-hydrogen) atoms. The molecule has 0 saturated heterocycles. The summed E-state index contributed by atoms with van der Waals surface area (Å²) < 4.78 is 4.44. The van der Waals surface area contributed by atoms with Crippen molar-refractivity contribution in [2.75, 3.05) is 7.11 Å². The first kappa shape index (κ1) is 11.5. The molecule has 1 aromatic rings. The molecule has 1 N–H and O–H groups in total. The van der Waals surface area contributed by atoms with Crippen molar-refractivity contribution in [3.05, 3.63) is 42.0 Å². The number of carbonyl (C=O) groups is 1. The lowest BCUT2D eigenvalue weighted by Gasteiger charge is -2.02. The van der Waals surface area contributed by atoms with Crippen LogP contribution in [0.1, 0.15) is 12.0 Å². The first-order valence-corrected chi connectivity index (χ1v) is 4.70. The molecule has 0 aromatic heterocycles. The average Bonchev–Trinajstić information content (AvgIpc) is 2.27. The van der Waals surface area contributed by atoms with E-state index in [-0.39, 0.29) is 6.42 Å². The second-order valence-electron chi connectivity index (χ2n) is 3.12. The Morgan fingerprint density at radius 3 is 2.73 bits per heavy atom. The first-order valence-electron chi connectivity index (χ1n) is 4.70. The first-order chi connectivity index (χ1) is 7.22. The minimum Gasteiger partial charge on any atom is -0.469 e. The molecule has 0 saturated carbocycles. The molecule has 0 aliphatic heterocycles. The molecule has 0 aliphatic rings. The van der Waals surface area contributed by atoms with Crippen molar-refractivity contribution >= 4 is 12.0 Å². The van der Waals surface area contributed by atoms with Gasteiger partial charge in [0.1, 0.15) is 0 Å². The molecule has 0 aliphatic carbocycles. The Bertz CT molecular complexity index is 330. The van der Waals surface area contributed by atoms with E-state index in [9.17, 15) is 9.90 Å². The summed E-state index contributed by atoms with van der Waals surface area (Å²) in [5.74, 6) is -0.416. The third-order valence-corrected chi connectivity index (χ3v) is 1.91. The zero-order valence-corrected chi connectivity index (χ0v) is 8.59. The molecule has 1 atom stereocenters. The van der Waals surface area contributed by atoms with Gasteiger partial charge in [-0.15, -0.1) is 0 Å². The maximum absolute atomic E-state index is 10.8. The second kappa shape index (κ2) is 5.98. The number of esters is 1. The molecule has 0 bridgehead atoms. The zero-order valence-electron chi connectivity index (χ0n) is 8.59. The maximum atomic E-state index is 10.8. The number of ether oxygens (including phenoxy) is 1. The number of methoxy groups -OCH3 is 1. The fraction of sp³-hybridized carbons (Fsp3) is 0.250. The molecule has 0 unspecified atom stereocenters. The van der Waals surface area contributed by atoms with Gasteiger partial charge >= 0.3 is 5.97 Å². The summed E-state index contributed by atoms with van der Waals surface area (Å²) in [6.45, 7) is 0. The highest BCUT2D eigenvalue weighted by Gasteiger charge is 2.06. The quantitative estimate of drug-likeness (QED) is 0.761. The van der Waals surface area contributed by atoms with E-state index in [0.717, 1.165) is 5.56 Å². The number of rotatable bonds is 4. The van der Waals surface area contributed by atoms with E-state index in [0.29, 0.717) is 0 Å². The largest absolute Gasteiger partial charge is 0.469 e. The highest BCUT2D eigenvalue weighted by molar-refractivity contribution is 5.70. The van der Waals surface area contributed by atoms with Crippen LogP contribution >= 0.6 is 0 Å².